The van der Waals surface area contributed by atoms with Gasteiger partial charge in [-0.05, 0) is 31.4 Å². The zero-order chi connectivity index (χ0) is 11.0. The maximum absolute atomic E-state index is 11.0. The Labute approximate surface area is 88.4 Å². The fourth-order valence-corrected chi connectivity index (χ4v) is 2.05. The fraction of sp³-hybridized carbons (Fsp3) is 0.545. The Morgan fingerprint density at radius 2 is 2.47 bits per heavy atom. The van der Waals surface area contributed by atoms with Crippen LogP contribution in [0.3, 0.4) is 0 Å². The molecule has 3 atom stereocenters. The average molecular weight is 209 g/mol. The topological polar surface area (TPSA) is 53.7 Å². The molecule has 82 valence electrons. The second-order valence-electron chi connectivity index (χ2n) is 4.13. The van der Waals surface area contributed by atoms with E-state index in [9.17, 15) is 10.0 Å². The molecular formula is C11H15NO3. The van der Waals surface area contributed by atoms with Crippen LogP contribution in [0.15, 0.2) is 22.8 Å². The van der Waals surface area contributed by atoms with Gasteiger partial charge in [-0.15, -0.1) is 0 Å². The van der Waals surface area contributed by atoms with Crippen molar-refractivity contribution in [3.8, 4) is 0 Å². The molecule has 1 aliphatic rings. The summed E-state index contributed by atoms with van der Waals surface area (Å²) in [5, 5.41) is 10.3. The van der Waals surface area contributed by atoms with E-state index in [1.54, 1.807) is 6.26 Å². The van der Waals surface area contributed by atoms with Crippen LogP contribution in [0, 0.1) is 5.92 Å². The highest BCUT2D eigenvalue weighted by atomic mass is 16.5. The number of furan rings is 1. The van der Waals surface area contributed by atoms with Crippen LogP contribution < -0.4 is 0 Å². The van der Waals surface area contributed by atoms with E-state index in [2.05, 4.69) is 0 Å². The molecule has 0 aliphatic heterocycles. The summed E-state index contributed by atoms with van der Waals surface area (Å²) in [6, 6.07) is 3.65. The van der Waals surface area contributed by atoms with Crippen molar-refractivity contribution in [1.29, 1.82) is 0 Å². The lowest BCUT2D eigenvalue weighted by atomic mass is 10.1. The van der Waals surface area contributed by atoms with Crippen LogP contribution in [0.5, 0.6) is 0 Å². The predicted molar refractivity (Wildman–Crippen MR) is 53.3 cm³/mol. The SMILES string of the molecule is CC(=O)N(O)C(C)[C@@H]1C[C@H]1c1ccco1. The Kier molecular flexibility index (Phi) is 2.52. The average Bonchev–Trinajstić information content (AvgIpc) is 2.82. The maximum atomic E-state index is 11.0. The number of carbonyl (C=O) groups excluding carboxylic acids is 1. The Bertz CT molecular complexity index is 347. The molecule has 1 saturated carbocycles. The van der Waals surface area contributed by atoms with Crippen LogP contribution in [-0.2, 0) is 4.79 Å². The minimum Gasteiger partial charge on any atom is -0.469 e. The first-order chi connectivity index (χ1) is 7.11. The normalized spacial score (nSPS) is 26.1. The second-order valence-corrected chi connectivity index (χ2v) is 4.13. The molecule has 0 aromatic carbocycles. The van der Waals surface area contributed by atoms with Crippen molar-refractivity contribution in [1.82, 2.24) is 5.06 Å². The first-order valence-electron chi connectivity index (χ1n) is 5.13. The molecule has 1 N–H and O–H groups in total. The van der Waals surface area contributed by atoms with E-state index < -0.39 is 0 Å². The van der Waals surface area contributed by atoms with Crippen molar-refractivity contribution in [3.05, 3.63) is 24.2 Å². The van der Waals surface area contributed by atoms with E-state index in [0.717, 1.165) is 17.2 Å². The second kappa shape index (κ2) is 3.70. The van der Waals surface area contributed by atoms with Crippen molar-refractivity contribution in [2.24, 2.45) is 5.92 Å². The van der Waals surface area contributed by atoms with Crippen molar-refractivity contribution < 1.29 is 14.4 Å². The van der Waals surface area contributed by atoms with Gasteiger partial charge in [0.05, 0.1) is 12.3 Å². The summed E-state index contributed by atoms with van der Waals surface area (Å²) in [6.45, 7) is 3.22. The van der Waals surface area contributed by atoms with Crippen LogP contribution in [-0.4, -0.2) is 22.2 Å². The number of amides is 1. The molecule has 0 spiro atoms. The Hall–Kier alpha value is -1.29. The standard InChI is InChI=1S/C11H15NO3/c1-7(12(14)8(2)13)9-6-10(9)11-4-3-5-15-11/h3-5,7,9-10,14H,6H2,1-2H3/t7?,9-,10+/m0/s1. The van der Waals surface area contributed by atoms with Crippen molar-refractivity contribution >= 4 is 5.91 Å². The van der Waals surface area contributed by atoms with E-state index in [1.807, 2.05) is 19.1 Å². The highest BCUT2D eigenvalue weighted by molar-refractivity contribution is 5.72. The number of nitrogens with zero attached hydrogens (tertiary/aromatic N) is 1. The summed E-state index contributed by atoms with van der Waals surface area (Å²) in [4.78, 5) is 11.0. The highest BCUT2D eigenvalue weighted by Gasteiger charge is 2.46. The molecule has 1 heterocycles. The first kappa shape index (κ1) is 10.2. The zero-order valence-electron chi connectivity index (χ0n) is 8.88. The number of carbonyl (C=O) groups is 1. The minimum absolute atomic E-state index is 0.141. The molecular weight excluding hydrogens is 194 g/mol. The van der Waals surface area contributed by atoms with Crippen molar-refractivity contribution in [2.75, 3.05) is 0 Å². The third-order valence-corrected chi connectivity index (χ3v) is 3.08. The lowest BCUT2D eigenvalue weighted by Gasteiger charge is -2.20. The summed E-state index contributed by atoms with van der Waals surface area (Å²) in [7, 11) is 0. The Morgan fingerprint density at radius 1 is 1.73 bits per heavy atom. The van der Waals surface area contributed by atoms with Gasteiger partial charge in [-0.25, -0.2) is 5.06 Å². The van der Waals surface area contributed by atoms with Gasteiger partial charge >= 0.3 is 0 Å². The van der Waals surface area contributed by atoms with Gasteiger partial charge in [0.25, 0.3) is 0 Å². The number of hydroxylamine groups is 2. The molecule has 15 heavy (non-hydrogen) atoms. The minimum atomic E-state index is -0.312. The third-order valence-electron chi connectivity index (χ3n) is 3.08. The summed E-state index contributed by atoms with van der Waals surface area (Å²) >= 11 is 0. The summed E-state index contributed by atoms with van der Waals surface area (Å²) in [5.41, 5.74) is 0. The van der Waals surface area contributed by atoms with Gasteiger partial charge in [-0.1, -0.05) is 0 Å². The molecule has 1 aromatic heterocycles. The lowest BCUT2D eigenvalue weighted by molar-refractivity contribution is -0.173. The molecule has 4 nitrogen and oxygen atoms in total. The molecule has 1 aliphatic carbocycles. The third kappa shape index (κ3) is 1.90. The van der Waals surface area contributed by atoms with E-state index in [0.29, 0.717) is 11.8 Å². The number of rotatable bonds is 3. The molecule has 0 radical (unpaired) electrons. The molecule has 1 amide bonds. The predicted octanol–water partition coefficient (Wildman–Crippen LogP) is 2.01. The van der Waals surface area contributed by atoms with Gasteiger partial charge in [-0.2, -0.15) is 0 Å². The Morgan fingerprint density at radius 3 is 3.00 bits per heavy atom. The van der Waals surface area contributed by atoms with E-state index in [4.69, 9.17) is 4.42 Å². The van der Waals surface area contributed by atoms with Gasteiger partial charge in [0, 0.05) is 12.8 Å². The molecule has 4 heteroatoms. The van der Waals surface area contributed by atoms with E-state index in [1.165, 1.54) is 6.92 Å². The molecule has 0 saturated heterocycles. The molecule has 1 unspecified atom stereocenters. The fourth-order valence-electron chi connectivity index (χ4n) is 2.05. The maximum Gasteiger partial charge on any atom is 0.243 e. The van der Waals surface area contributed by atoms with E-state index >= 15 is 0 Å². The zero-order valence-corrected chi connectivity index (χ0v) is 8.88. The Balaban J connectivity index is 1.96. The molecule has 2 rings (SSSR count). The van der Waals surface area contributed by atoms with E-state index in [-0.39, 0.29) is 11.9 Å². The van der Waals surface area contributed by atoms with Gasteiger partial charge in [0.15, 0.2) is 0 Å². The summed E-state index contributed by atoms with van der Waals surface area (Å²) < 4.78 is 5.29. The number of hydrogen-bond acceptors (Lipinski definition) is 3. The van der Waals surface area contributed by atoms with Crippen LogP contribution in [0.25, 0.3) is 0 Å². The first-order valence-corrected chi connectivity index (χ1v) is 5.13. The monoisotopic (exact) mass is 209 g/mol. The quantitative estimate of drug-likeness (QED) is 0.612. The largest absolute Gasteiger partial charge is 0.469 e. The van der Waals surface area contributed by atoms with Gasteiger partial charge in [0.1, 0.15) is 5.76 Å². The highest BCUT2D eigenvalue weighted by Crippen LogP contribution is 2.50. The molecule has 0 bridgehead atoms. The van der Waals surface area contributed by atoms with Crippen LogP contribution in [0.1, 0.15) is 31.9 Å². The number of hydrogen-bond donors (Lipinski definition) is 1. The molecule has 1 fully saturated rings. The van der Waals surface area contributed by atoms with Gasteiger partial charge in [0.2, 0.25) is 5.91 Å². The van der Waals surface area contributed by atoms with Crippen LogP contribution >= 0.6 is 0 Å². The van der Waals surface area contributed by atoms with Gasteiger partial charge < -0.3 is 4.42 Å². The van der Waals surface area contributed by atoms with Gasteiger partial charge in [-0.3, -0.25) is 10.0 Å². The molecule has 1 aromatic rings. The smallest absolute Gasteiger partial charge is 0.243 e. The van der Waals surface area contributed by atoms with Crippen molar-refractivity contribution in [3.63, 3.8) is 0 Å². The van der Waals surface area contributed by atoms with Crippen LogP contribution in [0.2, 0.25) is 0 Å². The van der Waals surface area contributed by atoms with Crippen LogP contribution in [0.4, 0.5) is 0 Å². The lowest BCUT2D eigenvalue weighted by Crippen LogP contribution is -2.35. The summed E-state index contributed by atoms with van der Waals surface area (Å²) in [6.07, 6.45) is 2.62. The summed E-state index contributed by atoms with van der Waals surface area (Å²) in [5.74, 6) is 1.30. The van der Waals surface area contributed by atoms with Crippen molar-refractivity contribution in [2.45, 2.75) is 32.2 Å².